The van der Waals surface area contributed by atoms with E-state index in [9.17, 15) is 0 Å². The summed E-state index contributed by atoms with van der Waals surface area (Å²) in [5.41, 5.74) is 0. The van der Waals surface area contributed by atoms with Crippen molar-refractivity contribution in [3.05, 3.63) is 30.3 Å². The van der Waals surface area contributed by atoms with E-state index in [1.54, 1.807) is 0 Å². The topological polar surface area (TPSA) is 90.3 Å². The first-order chi connectivity index (χ1) is 10.5. The lowest BCUT2D eigenvalue weighted by atomic mass is 10.3. The quantitative estimate of drug-likeness (QED) is 0.781. The van der Waals surface area contributed by atoms with E-state index in [0.717, 1.165) is 32.0 Å². The Morgan fingerprint density at radius 2 is 1.59 bits per heavy atom. The maximum Gasteiger partial charge on any atom is 0.414 e. The lowest BCUT2D eigenvalue weighted by Gasteiger charge is -2.32. The van der Waals surface area contributed by atoms with Crippen molar-refractivity contribution in [2.45, 2.75) is 0 Å². The Balaban J connectivity index is 0.000000346. The minimum Gasteiger partial charge on any atom is -0.492 e. The summed E-state index contributed by atoms with van der Waals surface area (Å²) in [6.07, 6.45) is 0. The molecule has 0 unspecified atom stereocenters. The summed E-state index contributed by atoms with van der Waals surface area (Å²) in [4.78, 5) is 23.0. The lowest BCUT2D eigenvalue weighted by Crippen LogP contribution is -2.45. The molecule has 0 aromatic heterocycles. The van der Waals surface area contributed by atoms with Crippen molar-refractivity contribution in [3.63, 3.8) is 0 Å². The van der Waals surface area contributed by atoms with E-state index in [4.69, 9.17) is 24.5 Å². The molecule has 122 valence electrons. The van der Waals surface area contributed by atoms with Crippen molar-refractivity contribution >= 4 is 11.9 Å². The average Bonchev–Trinajstić information content (AvgIpc) is 2.51. The molecule has 0 aliphatic carbocycles. The molecule has 1 heterocycles. The second kappa shape index (κ2) is 9.75. The standard InChI is InChI=1S/C13H20N2O.C2H2O4/c1-14-7-9-15(10-8-14)11-12-16-13-5-3-2-4-6-13;3-1(4)2(5)6/h2-6H,7-12H2,1H3;(H,3,4)(H,5,6). The second-order valence-corrected chi connectivity index (χ2v) is 4.92. The number of carboxylic acid groups (broad SMARTS) is 2. The number of benzene rings is 1. The lowest BCUT2D eigenvalue weighted by molar-refractivity contribution is -0.159. The van der Waals surface area contributed by atoms with Crippen molar-refractivity contribution in [2.75, 3.05) is 46.4 Å². The smallest absolute Gasteiger partial charge is 0.414 e. The number of ether oxygens (including phenoxy) is 1. The minimum atomic E-state index is -1.82. The van der Waals surface area contributed by atoms with Gasteiger partial charge in [-0.05, 0) is 19.2 Å². The van der Waals surface area contributed by atoms with E-state index in [-0.39, 0.29) is 0 Å². The van der Waals surface area contributed by atoms with Gasteiger partial charge in [-0.15, -0.1) is 0 Å². The van der Waals surface area contributed by atoms with Gasteiger partial charge in [0, 0.05) is 32.7 Å². The summed E-state index contributed by atoms with van der Waals surface area (Å²) in [6, 6.07) is 10.0. The van der Waals surface area contributed by atoms with Crippen LogP contribution in [0.25, 0.3) is 0 Å². The van der Waals surface area contributed by atoms with Crippen LogP contribution >= 0.6 is 0 Å². The fourth-order valence-corrected chi connectivity index (χ4v) is 1.88. The van der Waals surface area contributed by atoms with E-state index in [2.05, 4.69) is 16.8 Å². The van der Waals surface area contributed by atoms with Crippen molar-refractivity contribution in [3.8, 4) is 5.75 Å². The Kier molecular flexibility index (Phi) is 7.95. The molecule has 1 saturated heterocycles. The first-order valence-corrected chi connectivity index (χ1v) is 7.04. The van der Waals surface area contributed by atoms with Gasteiger partial charge in [0.1, 0.15) is 12.4 Å². The number of carbonyl (C=O) groups is 2. The van der Waals surface area contributed by atoms with Gasteiger partial charge in [0.25, 0.3) is 0 Å². The predicted molar refractivity (Wildman–Crippen MR) is 81.1 cm³/mol. The molecule has 0 radical (unpaired) electrons. The first kappa shape index (κ1) is 17.9. The molecule has 7 heteroatoms. The van der Waals surface area contributed by atoms with Gasteiger partial charge in [0.2, 0.25) is 0 Å². The van der Waals surface area contributed by atoms with Crippen molar-refractivity contribution < 1.29 is 24.5 Å². The number of piperazine rings is 1. The zero-order valence-corrected chi connectivity index (χ0v) is 12.6. The molecule has 2 rings (SSSR count). The third kappa shape index (κ3) is 7.61. The summed E-state index contributed by atoms with van der Waals surface area (Å²) < 4.78 is 5.68. The first-order valence-electron chi connectivity index (χ1n) is 7.04. The largest absolute Gasteiger partial charge is 0.492 e. The highest BCUT2D eigenvalue weighted by molar-refractivity contribution is 6.27. The maximum atomic E-state index is 9.10. The molecule has 0 bridgehead atoms. The van der Waals surface area contributed by atoms with Gasteiger partial charge in [-0.2, -0.15) is 0 Å². The molecule has 1 aromatic rings. The molecule has 1 fully saturated rings. The fourth-order valence-electron chi connectivity index (χ4n) is 1.88. The van der Waals surface area contributed by atoms with Crippen molar-refractivity contribution in [2.24, 2.45) is 0 Å². The molecule has 0 amide bonds. The van der Waals surface area contributed by atoms with Gasteiger partial charge in [0.15, 0.2) is 0 Å². The Hall–Kier alpha value is -2.12. The van der Waals surface area contributed by atoms with Gasteiger partial charge < -0.3 is 19.8 Å². The fraction of sp³-hybridized carbons (Fsp3) is 0.467. The summed E-state index contributed by atoms with van der Waals surface area (Å²) >= 11 is 0. The number of nitrogens with zero attached hydrogens (tertiary/aromatic N) is 2. The molecule has 22 heavy (non-hydrogen) atoms. The average molecular weight is 310 g/mol. The van der Waals surface area contributed by atoms with Gasteiger partial charge in [-0.1, -0.05) is 18.2 Å². The SMILES string of the molecule is CN1CCN(CCOc2ccccc2)CC1.O=C(O)C(=O)O. The third-order valence-corrected chi connectivity index (χ3v) is 3.20. The molecule has 0 saturated carbocycles. The number of rotatable bonds is 4. The highest BCUT2D eigenvalue weighted by Gasteiger charge is 2.12. The Labute approximate surface area is 129 Å². The van der Waals surface area contributed by atoms with E-state index >= 15 is 0 Å². The van der Waals surface area contributed by atoms with Crippen LogP contribution in [0.4, 0.5) is 0 Å². The normalized spacial score (nSPS) is 15.5. The van der Waals surface area contributed by atoms with Crippen molar-refractivity contribution in [1.29, 1.82) is 0 Å². The van der Waals surface area contributed by atoms with Crippen LogP contribution in [0.3, 0.4) is 0 Å². The Morgan fingerprint density at radius 3 is 2.09 bits per heavy atom. The molecular weight excluding hydrogens is 288 g/mol. The van der Waals surface area contributed by atoms with E-state index < -0.39 is 11.9 Å². The van der Waals surface area contributed by atoms with Crippen LogP contribution < -0.4 is 4.74 Å². The van der Waals surface area contributed by atoms with Gasteiger partial charge in [-0.25, -0.2) is 9.59 Å². The second-order valence-electron chi connectivity index (χ2n) is 4.92. The van der Waals surface area contributed by atoms with Gasteiger partial charge >= 0.3 is 11.9 Å². The summed E-state index contributed by atoms with van der Waals surface area (Å²) in [5.74, 6) is -2.68. The molecule has 0 atom stereocenters. The number of para-hydroxylation sites is 1. The number of carboxylic acids is 2. The Bertz CT molecular complexity index is 446. The van der Waals surface area contributed by atoms with Crippen LogP contribution in [0.15, 0.2) is 30.3 Å². The number of likely N-dealkylation sites (N-methyl/N-ethyl adjacent to an activating group) is 1. The van der Waals surface area contributed by atoms with E-state index in [1.807, 2.05) is 30.3 Å². The summed E-state index contributed by atoms with van der Waals surface area (Å²) in [6.45, 7) is 6.48. The number of aliphatic carboxylic acids is 2. The summed E-state index contributed by atoms with van der Waals surface area (Å²) in [7, 11) is 2.18. The molecule has 0 spiro atoms. The minimum absolute atomic E-state index is 0.785. The van der Waals surface area contributed by atoms with Crippen molar-refractivity contribution in [1.82, 2.24) is 9.80 Å². The maximum absolute atomic E-state index is 9.10. The highest BCUT2D eigenvalue weighted by Crippen LogP contribution is 2.08. The number of hydrogen-bond acceptors (Lipinski definition) is 5. The third-order valence-electron chi connectivity index (χ3n) is 3.20. The van der Waals surface area contributed by atoms with Crippen LogP contribution in [-0.4, -0.2) is 78.3 Å². The van der Waals surface area contributed by atoms with Gasteiger partial charge in [-0.3, -0.25) is 4.90 Å². The monoisotopic (exact) mass is 310 g/mol. The summed E-state index contributed by atoms with van der Waals surface area (Å²) in [5, 5.41) is 14.8. The Morgan fingerprint density at radius 1 is 1.05 bits per heavy atom. The zero-order chi connectivity index (χ0) is 16.4. The van der Waals surface area contributed by atoms with Crippen LogP contribution in [0.1, 0.15) is 0 Å². The zero-order valence-electron chi connectivity index (χ0n) is 12.6. The molecule has 1 aliphatic heterocycles. The van der Waals surface area contributed by atoms with Gasteiger partial charge in [0.05, 0.1) is 0 Å². The molecule has 1 aromatic carbocycles. The molecule has 1 aliphatic rings. The van der Waals surface area contributed by atoms with E-state index in [1.165, 1.54) is 13.1 Å². The molecular formula is C15H22N2O5. The number of hydrogen-bond donors (Lipinski definition) is 2. The van der Waals surface area contributed by atoms with Crippen LogP contribution in [0.5, 0.6) is 5.75 Å². The van der Waals surface area contributed by atoms with E-state index in [0.29, 0.717) is 0 Å². The molecule has 2 N–H and O–H groups in total. The molecule has 7 nitrogen and oxygen atoms in total. The van der Waals surface area contributed by atoms with Crippen LogP contribution in [-0.2, 0) is 9.59 Å². The van der Waals surface area contributed by atoms with Crippen LogP contribution in [0.2, 0.25) is 0 Å². The predicted octanol–water partition coefficient (Wildman–Crippen LogP) is 0.468. The highest BCUT2D eigenvalue weighted by atomic mass is 16.5. The van der Waals surface area contributed by atoms with Crippen LogP contribution in [0, 0.1) is 0 Å².